The van der Waals surface area contributed by atoms with Crippen LogP contribution in [0.25, 0.3) is 0 Å². The van der Waals surface area contributed by atoms with Crippen molar-refractivity contribution in [3.63, 3.8) is 0 Å². The van der Waals surface area contributed by atoms with E-state index in [2.05, 4.69) is 10.8 Å². The fourth-order valence-electron chi connectivity index (χ4n) is 2.44. The van der Waals surface area contributed by atoms with Crippen molar-refractivity contribution in [3.8, 4) is 0 Å². The first kappa shape index (κ1) is 22.4. The Bertz CT molecular complexity index is 849. The maximum absolute atomic E-state index is 14.1. The molecule has 0 heterocycles. The van der Waals surface area contributed by atoms with Gasteiger partial charge in [0.25, 0.3) is 5.91 Å². The Hall–Kier alpha value is -1.85. The van der Waals surface area contributed by atoms with Gasteiger partial charge in [-0.25, -0.2) is 18.7 Å². The van der Waals surface area contributed by atoms with Crippen LogP contribution in [-0.2, 0) is 4.84 Å². The van der Waals surface area contributed by atoms with Crippen LogP contribution in [0.4, 0.5) is 24.5 Å². The van der Waals surface area contributed by atoms with E-state index in [1.165, 1.54) is 12.1 Å². The SMILES string of the molecule is CC(C)CC(O)CONC(=O)c1cc(F)c(F)cc1Nc1ccc(I)cc1F. The Morgan fingerprint density at radius 2 is 1.79 bits per heavy atom. The van der Waals surface area contributed by atoms with Gasteiger partial charge in [0.2, 0.25) is 0 Å². The first-order chi connectivity index (χ1) is 13.2. The summed E-state index contributed by atoms with van der Waals surface area (Å²) >= 11 is 1.93. The fourth-order valence-corrected chi connectivity index (χ4v) is 2.90. The van der Waals surface area contributed by atoms with Crippen LogP contribution in [0, 0.1) is 26.9 Å². The van der Waals surface area contributed by atoms with E-state index in [9.17, 15) is 23.1 Å². The fraction of sp³-hybridized carbons (Fsp3) is 0.316. The normalized spacial score (nSPS) is 12.1. The second-order valence-corrected chi connectivity index (χ2v) is 7.83. The van der Waals surface area contributed by atoms with Crippen molar-refractivity contribution in [2.24, 2.45) is 5.92 Å². The van der Waals surface area contributed by atoms with Crippen molar-refractivity contribution in [1.82, 2.24) is 5.48 Å². The summed E-state index contributed by atoms with van der Waals surface area (Å²) in [6.07, 6.45) is -0.316. The van der Waals surface area contributed by atoms with Crippen molar-refractivity contribution < 1.29 is 27.9 Å². The highest BCUT2D eigenvalue weighted by molar-refractivity contribution is 14.1. The lowest BCUT2D eigenvalue weighted by molar-refractivity contribution is -0.0181. The van der Waals surface area contributed by atoms with Gasteiger partial charge in [0.15, 0.2) is 11.6 Å². The molecule has 1 atom stereocenters. The number of aliphatic hydroxyl groups is 1. The number of halogens is 4. The van der Waals surface area contributed by atoms with Gasteiger partial charge in [0, 0.05) is 9.64 Å². The van der Waals surface area contributed by atoms with Crippen molar-refractivity contribution in [1.29, 1.82) is 0 Å². The maximum atomic E-state index is 14.1. The van der Waals surface area contributed by atoms with E-state index in [4.69, 9.17) is 4.84 Å². The van der Waals surface area contributed by atoms with Gasteiger partial charge in [0.05, 0.1) is 23.0 Å². The molecular formula is C19H20F3IN2O3. The molecule has 0 fully saturated rings. The molecule has 2 aromatic carbocycles. The molecule has 0 saturated heterocycles. The molecule has 0 bridgehead atoms. The predicted molar refractivity (Wildman–Crippen MR) is 108 cm³/mol. The molecule has 0 saturated carbocycles. The highest BCUT2D eigenvalue weighted by Gasteiger charge is 2.18. The number of nitrogens with one attached hydrogen (secondary N) is 2. The molecule has 0 aliphatic rings. The zero-order valence-electron chi connectivity index (χ0n) is 15.2. The minimum atomic E-state index is -1.24. The largest absolute Gasteiger partial charge is 0.391 e. The number of rotatable bonds is 8. The Morgan fingerprint density at radius 3 is 2.43 bits per heavy atom. The summed E-state index contributed by atoms with van der Waals surface area (Å²) in [5, 5.41) is 12.3. The predicted octanol–water partition coefficient (Wildman–Crippen LogP) is 4.52. The van der Waals surface area contributed by atoms with Crippen molar-refractivity contribution in [3.05, 3.63) is 56.9 Å². The third-order valence-corrected chi connectivity index (χ3v) is 4.36. The summed E-state index contributed by atoms with van der Waals surface area (Å²) in [6.45, 7) is 3.68. The Labute approximate surface area is 174 Å². The van der Waals surface area contributed by atoms with E-state index in [1.807, 2.05) is 36.4 Å². The average molecular weight is 508 g/mol. The molecule has 0 aliphatic carbocycles. The summed E-state index contributed by atoms with van der Waals surface area (Å²) in [4.78, 5) is 17.3. The van der Waals surface area contributed by atoms with Crippen LogP contribution in [0.2, 0.25) is 0 Å². The molecule has 0 radical (unpaired) electrons. The first-order valence-electron chi connectivity index (χ1n) is 8.48. The molecule has 9 heteroatoms. The molecule has 28 heavy (non-hydrogen) atoms. The summed E-state index contributed by atoms with van der Waals surface area (Å²) in [5.74, 6) is -3.68. The van der Waals surface area contributed by atoms with Crippen molar-refractivity contribution >= 4 is 39.9 Å². The number of anilines is 2. The third kappa shape index (κ3) is 6.35. The number of carbonyl (C=O) groups excluding carboxylic acids is 1. The third-order valence-electron chi connectivity index (χ3n) is 3.69. The monoisotopic (exact) mass is 508 g/mol. The number of hydrogen-bond acceptors (Lipinski definition) is 4. The lowest BCUT2D eigenvalue weighted by Crippen LogP contribution is -2.29. The minimum absolute atomic E-state index is 0.00579. The van der Waals surface area contributed by atoms with E-state index >= 15 is 0 Å². The van der Waals surface area contributed by atoms with Gasteiger partial charge < -0.3 is 10.4 Å². The second-order valence-electron chi connectivity index (χ2n) is 6.59. The maximum Gasteiger partial charge on any atom is 0.277 e. The molecule has 0 aliphatic heterocycles. The standard InChI is InChI=1S/C19H20F3IN2O3/c1-10(2)5-12(26)9-28-25-19(27)13-7-14(20)15(21)8-18(13)24-17-4-3-11(23)6-16(17)22/h3-4,6-8,10,12,24,26H,5,9H2,1-2H3,(H,25,27). The molecular weight excluding hydrogens is 488 g/mol. The smallest absolute Gasteiger partial charge is 0.277 e. The number of carbonyl (C=O) groups is 1. The lowest BCUT2D eigenvalue weighted by atomic mass is 10.1. The quantitative estimate of drug-likeness (QED) is 0.363. The molecule has 0 spiro atoms. The van der Waals surface area contributed by atoms with Crippen LogP contribution in [0.1, 0.15) is 30.6 Å². The van der Waals surface area contributed by atoms with E-state index in [0.29, 0.717) is 16.1 Å². The van der Waals surface area contributed by atoms with Gasteiger partial charge in [-0.1, -0.05) is 13.8 Å². The van der Waals surface area contributed by atoms with Crippen LogP contribution in [0.5, 0.6) is 0 Å². The van der Waals surface area contributed by atoms with Gasteiger partial charge in [0.1, 0.15) is 12.4 Å². The topological polar surface area (TPSA) is 70.6 Å². The first-order valence-corrected chi connectivity index (χ1v) is 9.56. The molecule has 0 aromatic heterocycles. The summed E-state index contributed by atoms with van der Waals surface area (Å²) in [6, 6.07) is 5.73. The zero-order valence-corrected chi connectivity index (χ0v) is 17.4. The van der Waals surface area contributed by atoms with E-state index < -0.39 is 29.5 Å². The Kier molecular flexibility index (Phi) is 8.08. The Balaban J connectivity index is 2.16. The van der Waals surface area contributed by atoms with Gasteiger partial charge in [-0.05, 0) is 59.2 Å². The van der Waals surface area contributed by atoms with Crippen molar-refractivity contribution in [2.75, 3.05) is 11.9 Å². The van der Waals surface area contributed by atoms with Crippen LogP contribution >= 0.6 is 22.6 Å². The molecule has 3 N–H and O–H groups in total. The van der Waals surface area contributed by atoms with Crippen LogP contribution in [-0.4, -0.2) is 23.7 Å². The van der Waals surface area contributed by atoms with Gasteiger partial charge in [-0.15, -0.1) is 0 Å². The summed E-state index contributed by atoms with van der Waals surface area (Å²) in [5.41, 5.74) is 1.65. The summed E-state index contributed by atoms with van der Waals surface area (Å²) < 4.78 is 42.0. The lowest BCUT2D eigenvalue weighted by Gasteiger charge is -2.15. The number of benzene rings is 2. The zero-order chi connectivity index (χ0) is 20.8. The van der Waals surface area contributed by atoms with Crippen molar-refractivity contribution in [2.45, 2.75) is 26.4 Å². The number of amides is 1. The van der Waals surface area contributed by atoms with Crippen LogP contribution in [0.3, 0.4) is 0 Å². The van der Waals surface area contributed by atoms with Gasteiger partial charge in [-0.2, -0.15) is 0 Å². The number of hydrogen-bond donors (Lipinski definition) is 3. The number of hydroxylamine groups is 1. The molecule has 5 nitrogen and oxygen atoms in total. The molecule has 152 valence electrons. The second kappa shape index (κ2) is 10.1. The Morgan fingerprint density at radius 1 is 1.11 bits per heavy atom. The summed E-state index contributed by atoms with van der Waals surface area (Å²) in [7, 11) is 0. The average Bonchev–Trinajstić information content (AvgIpc) is 2.59. The number of aliphatic hydroxyl groups excluding tert-OH is 1. The van der Waals surface area contributed by atoms with E-state index in [1.54, 1.807) is 6.07 Å². The van der Waals surface area contributed by atoms with E-state index in [0.717, 1.165) is 6.07 Å². The molecule has 2 rings (SSSR count). The molecule has 1 unspecified atom stereocenters. The van der Waals surface area contributed by atoms with Gasteiger partial charge >= 0.3 is 0 Å². The van der Waals surface area contributed by atoms with Gasteiger partial charge in [-0.3, -0.25) is 9.63 Å². The molecule has 1 amide bonds. The molecule has 2 aromatic rings. The minimum Gasteiger partial charge on any atom is -0.391 e. The highest BCUT2D eigenvalue weighted by Crippen LogP contribution is 2.26. The van der Waals surface area contributed by atoms with E-state index in [-0.39, 0.29) is 29.5 Å². The van der Waals surface area contributed by atoms with Crippen LogP contribution in [0.15, 0.2) is 30.3 Å². The highest BCUT2D eigenvalue weighted by atomic mass is 127. The van der Waals surface area contributed by atoms with Crippen LogP contribution < -0.4 is 10.8 Å².